The van der Waals surface area contributed by atoms with Crippen molar-refractivity contribution in [2.45, 2.75) is 162 Å². The monoisotopic (exact) mass is 784 g/mol. The number of hydrogen-bond acceptors (Lipinski definition) is 6. The fraction of sp³-hybridized carbons (Fsp3) is 0.714. The van der Waals surface area contributed by atoms with E-state index in [0.717, 1.165) is 18.8 Å². The minimum absolute atomic E-state index is 0. The third kappa shape index (κ3) is 62.5. The second kappa shape index (κ2) is 46.3. The van der Waals surface area contributed by atoms with Crippen molar-refractivity contribution in [3.05, 3.63) is 67.8 Å². The summed E-state index contributed by atoms with van der Waals surface area (Å²) < 4.78 is 27.2. The maximum Gasteiger partial charge on any atom is 1.00 e. The molecule has 0 aromatic heterocycles. The standard InChI is InChI=1S/C22H42O.C7H7ClO2S.C6H15N.C4H9O.C3H6O.K/c1-3-5-7-9-11-13-15-17-19-21-23-22-20-18-16-14-12-10-8-6-4-2;1-6-2-4-7(5-3-6)11(8,9)10;1-4-7(5-2)6-3;1-4(2,3)5;1-2-3-4;/h3-4H,1-2,5-22H2;2-5H,1H3;4-6H2,1-3H3;1-3H3;2,4H,1,3H2;/q;;;-1;;+1. The number of aryl methyl sites for hydroxylation is 1. The molecule has 0 radical (unpaired) electrons. The molecular formula is C42H79ClKNO5S. The first-order chi connectivity index (χ1) is 23.7. The van der Waals surface area contributed by atoms with Gasteiger partial charge < -0.3 is 19.8 Å². The summed E-state index contributed by atoms with van der Waals surface area (Å²) in [5.74, 6) is 0. The van der Waals surface area contributed by atoms with Crippen molar-refractivity contribution in [3.8, 4) is 0 Å². The molecule has 0 spiro atoms. The molecule has 1 N–H and O–H groups in total. The van der Waals surface area contributed by atoms with Crippen molar-refractivity contribution in [1.82, 2.24) is 4.90 Å². The van der Waals surface area contributed by atoms with E-state index < -0.39 is 14.7 Å². The van der Waals surface area contributed by atoms with E-state index in [2.05, 4.69) is 45.4 Å². The summed E-state index contributed by atoms with van der Waals surface area (Å²) in [6.45, 7) is 29.7. The summed E-state index contributed by atoms with van der Waals surface area (Å²) >= 11 is 0. The van der Waals surface area contributed by atoms with Gasteiger partial charge in [0.15, 0.2) is 0 Å². The van der Waals surface area contributed by atoms with Gasteiger partial charge in [0.1, 0.15) is 0 Å². The molecule has 0 bridgehead atoms. The average Bonchev–Trinajstić information content (AvgIpc) is 3.06. The minimum atomic E-state index is -3.55. The second-order valence-electron chi connectivity index (χ2n) is 13.2. The smallest absolute Gasteiger partial charge is 0.850 e. The zero-order valence-corrected chi connectivity index (χ0v) is 39.2. The number of halogens is 1. The van der Waals surface area contributed by atoms with Gasteiger partial charge in [-0.15, -0.1) is 25.3 Å². The van der Waals surface area contributed by atoms with Crippen LogP contribution in [0.3, 0.4) is 0 Å². The minimum Gasteiger partial charge on any atom is -0.850 e. The Morgan fingerprint density at radius 2 is 1.00 bits per heavy atom. The van der Waals surface area contributed by atoms with E-state index in [1.807, 2.05) is 19.1 Å². The van der Waals surface area contributed by atoms with Crippen LogP contribution >= 0.6 is 10.7 Å². The molecule has 0 heterocycles. The molecule has 51 heavy (non-hydrogen) atoms. The number of unbranched alkanes of at least 4 members (excludes halogenated alkanes) is 14. The molecule has 9 heteroatoms. The molecule has 1 aromatic carbocycles. The number of ether oxygens (including phenoxy) is 1. The van der Waals surface area contributed by atoms with Gasteiger partial charge in [-0.05, 0) is 77.2 Å². The summed E-state index contributed by atoms with van der Waals surface area (Å²) in [5.41, 5.74) is 0.258. The maximum absolute atomic E-state index is 10.7. The molecule has 296 valence electrons. The first-order valence-electron chi connectivity index (χ1n) is 19.1. The molecule has 0 saturated carbocycles. The zero-order chi connectivity index (χ0) is 38.9. The molecule has 1 aromatic rings. The van der Waals surface area contributed by atoms with E-state index >= 15 is 0 Å². The number of allylic oxidation sites excluding steroid dienone is 2. The summed E-state index contributed by atoms with van der Waals surface area (Å²) in [7, 11) is 1.54. The Labute approximate surface area is 364 Å². The molecule has 0 fully saturated rings. The van der Waals surface area contributed by atoms with E-state index in [-0.39, 0.29) is 62.9 Å². The van der Waals surface area contributed by atoms with Crippen molar-refractivity contribution < 1.29 is 74.8 Å². The van der Waals surface area contributed by atoms with Crippen LogP contribution in [0.15, 0.2) is 67.1 Å². The molecule has 0 amide bonds. The Morgan fingerprint density at radius 1 is 0.706 bits per heavy atom. The Hall–Kier alpha value is 0.156. The number of aliphatic hydroxyl groups excluding tert-OH is 1. The van der Waals surface area contributed by atoms with Gasteiger partial charge >= 0.3 is 51.4 Å². The Balaban J connectivity index is -0.000000207. The Bertz CT molecular complexity index is 913. The van der Waals surface area contributed by atoms with Crippen LogP contribution < -0.4 is 56.5 Å². The van der Waals surface area contributed by atoms with Crippen molar-refractivity contribution in [1.29, 1.82) is 0 Å². The van der Waals surface area contributed by atoms with Crippen LogP contribution in [0.4, 0.5) is 0 Å². The van der Waals surface area contributed by atoms with Crippen molar-refractivity contribution >= 4 is 19.7 Å². The van der Waals surface area contributed by atoms with Gasteiger partial charge in [-0.3, -0.25) is 0 Å². The number of nitrogens with zero attached hydrogens (tertiary/aromatic N) is 1. The van der Waals surface area contributed by atoms with Gasteiger partial charge in [0.05, 0.1) is 11.5 Å². The molecule has 0 aliphatic rings. The third-order valence-corrected chi connectivity index (χ3v) is 8.54. The number of aliphatic hydroxyl groups is 1. The van der Waals surface area contributed by atoms with Crippen LogP contribution in [0.1, 0.15) is 150 Å². The predicted octanol–water partition coefficient (Wildman–Crippen LogP) is 8.20. The maximum atomic E-state index is 10.7. The summed E-state index contributed by atoms with van der Waals surface area (Å²) in [6, 6.07) is 6.37. The van der Waals surface area contributed by atoms with Gasteiger partial charge in [0.2, 0.25) is 0 Å². The molecular weight excluding hydrogens is 705 g/mol. The summed E-state index contributed by atoms with van der Waals surface area (Å²) in [4.78, 5) is 2.52. The van der Waals surface area contributed by atoms with Gasteiger partial charge in [-0.1, -0.05) is 142 Å². The first kappa shape index (κ1) is 60.4. The number of benzene rings is 1. The number of hydrogen-bond donors (Lipinski definition) is 1. The van der Waals surface area contributed by atoms with E-state index in [0.29, 0.717) is 0 Å². The van der Waals surface area contributed by atoms with Crippen LogP contribution in [0.2, 0.25) is 0 Å². The molecule has 0 saturated heterocycles. The first-order valence-corrected chi connectivity index (χ1v) is 21.4. The fourth-order valence-electron chi connectivity index (χ4n) is 4.23. The quantitative estimate of drug-likeness (QED) is 0.0466. The zero-order valence-electron chi connectivity index (χ0n) is 34.5. The van der Waals surface area contributed by atoms with E-state index in [1.165, 1.54) is 141 Å². The van der Waals surface area contributed by atoms with Crippen molar-refractivity contribution in [3.63, 3.8) is 0 Å². The molecule has 0 atom stereocenters. The van der Waals surface area contributed by atoms with Crippen molar-refractivity contribution in [2.75, 3.05) is 39.5 Å². The van der Waals surface area contributed by atoms with Gasteiger partial charge in [0, 0.05) is 23.9 Å². The average molecular weight is 785 g/mol. The summed E-state index contributed by atoms with van der Waals surface area (Å²) in [6.07, 6.45) is 26.7. The molecule has 0 aliphatic heterocycles. The van der Waals surface area contributed by atoms with Gasteiger partial charge in [-0.25, -0.2) is 8.42 Å². The van der Waals surface area contributed by atoms with Crippen LogP contribution in [0, 0.1) is 6.92 Å². The van der Waals surface area contributed by atoms with E-state index in [4.69, 9.17) is 20.5 Å². The predicted molar refractivity (Wildman–Crippen MR) is 220 cm³/mol. The molecule has 0 unspecified atom stereocenters. The van der Waals surface area contributed by atoms with E-state index in [9.17, 15) is 13.5 Å². The number of rotatable bonds is 25. The third-order valence-electron chi connectivity index (χ3n) is 7.17. The van der Waals surface area contributed by atoms with Crippen LogP contribution in [0.25, 0.3) is 0 Å². The van der Waals surface area contributed by atoms with Crippen LogP contribution in [0.5, 0.6) is 0 Å². The molecule has 0 aliphatic carbocycles. The molecule has 1 rings (SSSR count). The molecule has 6 nitrogen and oxygen atoms in total. The Morgan fingerprint density at radius 3 is 1.24 bits per heavy atom. The topological polar surface area (TPSA) is 89.9 Å². The Kier molecular flexibility index (Phi) is 54.9. The SMILES string of the molecule is C=CCCCCCCCCCOCCCCCCCCCC=C.C=CCO.CC(C)(C)[O-].CCN(CC)CC.Cc1ccc(S(=O)(=O)Cl)cc1.[K+]. The fourth-order valence-corrected chi connectivity index (χ4v) is 5.00. The van der Waals surface area contributed by atoms with Crippen LogP contribution in [-0.4, -0.2) is 63.5 Å². The van der Waals surface area contributed by atoms with Crippen LogP contribution in [-0.2, 0) is 13.8 Å². The summed E-state index contributed by atoms with van der Waals surface area (Å²) in [5, 5.41) is 17.9. The van der Waals surface area contributed by atoms with Gasteiger partial charge in [0.25, 0.3) is 9.05 Å². The van der Waals surface area contributed by atoms with Gasteiger partial charge in [-0.2, -0.15) is 0 Å². The van der Waals surface area contributed by atoms with E-state index in [1.54, 1.807) is 32.9 Å². The van der Waals surface area contributed by atoms with Crippen molar-refractivity contribution in [2.24, 2.45) is 0 Å². The second-order valence-corrected chi connectivity index (χ2v) is 15.7. The normalized spacial score (nSPS) is 10.4. The largest absolute Gasteiger partial charge is 1.00 e.